The lowest BCUT2D eigenvalue weighted by Gasteiger charge is -2.37. The van der Waals surface area contributed by atoms with Crippen LogP contribution >= 0.6 is 0 Å². The van der Waals surface area contributed by atoms with Crippen LogP contribution in [0.4, 0.5) is 0 Å². The Bertz CT molecular complexity index is 241. The number of carbonyl (C=O) groups is 1. The average molecular weight is 246 g/mol. The highest BCUT2D eigenvalue weighted by Gasteiger charge is 2.39. The van der Waals surface area contributed by atoms with Crippen molar-refractivity contribution in [3.8, 4) is 0 Å². The van der Waals surface area contributed by atoms with Crippen molar-refractivity contribution in [3.63, 3.8) is 0 Å². The van der Waals surface area contributed by atoms with E-state index in [0.717, 1.165) is 0 Å². The Morgan fingerprint density at radius 2 is 1.56 bits per heavy atom. The third-order valence-corrected chi connectivity index (χ3v) is 7.52. The maximum Gasteiger partial charge on any atom is 0.333 e. The molecule has 0 aromatic rings. The Balaban J connectivity index is 4.45. The van der Waals surface area contributed by atoms with Crippen molar-refractivity contribution >= 4 is 14.3 Å². The molecule has 0 aromatic heterocycles. The molecule has 0 rings (SSSR count). The normalized spacial score (nSPS) is 15.1. The second-order valence-electron chi connectivity index (χ2n) is 6.01. The molecule has 0 heterocycles. The molecule has 0 spiro atoms. The van der Waals surface area contributed by atoms with Gasteiger partial charge in [0.05, 0.1) is 6.10 Å². The van der Waals surface area contributed by atoms with Gasteiger partial charge in [-0.2, -0.15) is 0 Å². The Labute approximate surface area is 101 Å². The van der Waals surface area contributed by atoms with Crippen molar-refractivity contribution < 1.29 is 14.0 Å². The number of hydrogen-bond donors (Lipinski definition) is 0. The van der Waals surface area contributed by atoms with E-state index >= 15 is 0 Å². The average Bonchev–Trinajstić information content (AvgIpc) is 1.99. The van der Waals surface area contributed by atoms with E-state index in [1.54, 1.807) is 6.92 Å². The van der Waals surface area contributed by atoms with Gasteiger partial charge < -0.3 is 9.16 Å². The first-order chi connectivity index (χ1) is 6.97. The largest absolute Gasteiger partial charge is 0.461 e. The first-order valence-corrected chi connectivity index (χ1v) is 8.76. The van der Waals surface area contributed by atoms with Crippen molar-refractivity contribution in [1.29, 1.82) is 0 Å². The summed E-state index contributed by atoms with van der Waals surface area (Å²) in [5, 5.41) is 0.110. The SMILES string of the molecule is CC(C)OC(=O)C(C)O[Si](C)(C)C(C)(C)C. The van der Waals surface area contributed by atoms with Gasteiger partial charge in [-0.05, 0) is 38.9 Å². The van der Waals surface area contributed by atoms with Crippen molar-refractivity contribution in [3.05, 3.63) is 0 Å². The minimum Gasteiger partial charge on any atom is -0.461 e. The van der Waals surface area contributed by atoms with Gasteiger partial charge >= 0.3 is 5.97 Å². The van der Waals surface area contributed by atoms with Crippen molar-refractivity contribution in [1.82, 2.24) is 0 Å². The Morgan fingerprint density at radius 3 is 1.88 bits per heavy atom. The molecule has 1 atom stereocenters. The summed E-state index contributed by atoms with van der Waals surface area (Å²) in [7, 11) is -1.88. The number of carbonyl (C=O) groups excluding carboxylic acids is 1. The van der Waals surface area contributed by atoms with E-state index in [4.69, 9.17) is 9.16 Å². The third-order valence-electron chi connectivity index (χ3n) is 2.96. The molecule has 0 radical (unpaired) electrons. The Hall–Kier alpha value is -0.353. The summed E-state index contributed by atoms with van der Waals surface area (Å²) < 4.78 is 11.1. The molecule has 4 heteroatoms. The van der Waals surface area contributed by atoms with Crippen LogP contribution in [0.1, 0.15) is 41.5 Å². The summed E-state index contributed by atoms with van der Waals surface area (Å²) in [6.07, 6.45) is -0.554. The summed E-state index contributed by atoms with van der Waals surface area (Å²) in [5.41, 5.74) is 0. The minimum atomic E-state index is -1.88. The lowest BCUT2D eigenvalue weighted by atomic mass is 10.2. The first-order valence-electron chi connectivity index (χ1n) is 5.85. The maximum absolute atomic E-state index is 11.6. The van der Waals surface area contributed by atoms with Crippen LogP contribution in [0.3, 0.4) is 0 Å². The van der Waals surface area contributed by atoms with Crippen LogP contribution < -0.4 is 0 Å². The predicted molar refractivity (Wildman–Crippen MR) is 69.0 cm³/mol. The number of esters is 1. The minimum absolute atomic E-state index is 0.0852. The molecule has 3 nitrogen and oxygen atoms in total. The topological polar surface area (TPSA) is 35.5 Å². The van der Waals surface area contributed by atoms with Crippen molar-refractivity contribution in [2.45, 2.75) is 71.9 Å². The van der Waals surface area contributed by atoms with Gasteiger partial charge in [0.1, 0.15) is 6.10 Å². The van der Waals surface area contributed by atoms with Gasteiger partial charge in [-0.3, -0.25) is 0 Å². The van der Waals surface area contributed by atoms with Gasteiger partial charge in [-0.1, -0.05) is 20.8 Å². The lowest BCUT2D eigenvalue weighted by Crippen LogP contribution is -2.45. The smallest absolute Gasteiger partial charge is 0.333 e. The highest BCUT2D eigenvalue weighted by atomic mass is 28.4. The molecule has 1 unspecified atom stereocenters. The van der Waals surface area contributed by atoms with E-state index < -0.39 is 14.4 Å². The molecule has 0 aliphatic carbocycles. The molecule has 0 saturated carbocycles. The van der Waals surface area contributed by atoms with E-state index in [0.29, 0.717) is 0 Å². The number of ether oxygens (including phenoxy) is 1. The van der Waals surface area contributed by atoms with E-state index in [2.05, 4.69) is 33.9 Å². The zero-order valence-corrected chi connectivity index (χ0v) is 12.9. The standard InChI is InChI=1S/C12H26O3Si/c1-9(2)14-11(13)10(3)15-16(7,8)12(4,5)6/h9-10H,1-8H3. The highest BCUT2D eigenvalue weighted by molar-refractivity contribution is 6.74. The van der Waals surface area contributed by atoms with Crippen LogP contribution in [-0.2, 0) is 14.0 Å². The Kier molecular flexibility index (Phi) is 5.20. The molecular formula is C12H26O3Si. The number of hydrogen-bond acceptors (Lipinski definition) is 3. The highest BCUT2D eigenvalue weighted by Crippen LogP contribution is 2.37. The predicted octanol–water partition coefficient (Wildman–Crippen LogP) is 3.35. The molecule has 0 aromatic carbocycles. The van der Waals surface area contributed by atoms with Gasteiger partial charge in [0.2, 0.25) is 0 Å². The zero-order chi connectivity index (χ0) is 13.1. The lowest BCUT2D eigenvalue weighted by molar-refractivity contribution is -0.155. The van der Waals surface area contributed by atoms with Crippen LogP contribution in [0.2, 0.25) is 18.1 Å². The van der Waals surface area contributed by atoms with Crippen molar-refractivity contribution in [2.24, 2.45) is 0 Å². The Morgan fingerprint density at radius 1 is 1.12 bits per heavy atom. The van der Waals surface area contributed by atoms with Gasteiger partial charge in [-0.15, -0.1) is 0 Å². The van der Waals surface area contributed by atoms with Crippen molar-refractivity contribution in [2.75, 3.05) is 0 Å². The van der Waals surface area contributed by atoms with Gasteiger partial charge in [0.25, 0.3) is 0 Å². The fourth-order valence-electron chi connectivity index (χ4n) is 0.995. The molecule has 96 valence electrons. The number of rotatable bonds is 4. The fraction of sp³-hybridized carbons (Fsp3) is 0.917. The van der Waals surface area contributed by atoms with Crippen LogP contribution in [0.25, 0.3) is 0 Å². The quantitative estimate of drug-likeness (QED) is 0.564. The van der Waals surface area contributed by atoms with E-state index in [-0.39, 0.29) is 17.1 Å². The van der Waals surface area contributed by atoms with Crippen LogP contribution in [0.5, 0.6) is 0 Å². The molecule has 0 aliphatic rings. The second kappa shape index (κ2) is 5.32. The van der Waals surface area contributed by atoms with Crippen LogP contribution in [0, 0.1) is 0 Å². The molecule has 0 N–H and O–H groups in total. The van der Waals surface area contributed by atoms with Gasteiger partial charge in [-0.25, -0.2) is 4.79 Å². The monoisotopic (exact) mass is 246 g/mol. The van der Waals surface area contributed by atoms with Gasteiger partial charge in [0.15, 0.2) is 8.32 Å². The fourth-order valence-corrected chi connectivity index (χ4v) is 2.33. The summed E-state index contributed by atoms with van der Waals surface area (Å²) in [5.74, 6) is -0.264. The zero-order valence-electron chi connectivity index (χ0n) is 11.9. The second-order valence-corrected chi connectivity index (χ2v) is 10.8. The molecular weight excluding hydrogens is 220 g/mol. The molecule has 0 bridgehead atoms. The van der Waals surface area contributed by atoms with Crippen LogP contribution in [0.15, 0.2) is 0 Å². The third kappa shape index (κ3) is 4.66. The summed E-state index contributed by atoms with van der Waals surface area (Å²) in [6.45, 7) is 16.2. The van der Waals surface area contributed by atoms with Gasteiger partial charge in [0, 0.05) is 0 Å². The van der Waals surface area contributed by atoms with E-state index in [1.807, 2.05) is 13.8 Å². The summed E-state index contributed by atoms with van der Waals surface area (Å²) in [4.78, 5) is 11.6. The van der Waals surface area contributed by atoms with Crippen LogP contribution in [-0.4, -0.2) is 26.5 Å². The molecule has 0 amide bonds. The molecule has 0 saturated heterocycles. The van der Waals surface area contributed by atoms with E-state index in [9.17, 15) is 4.79 Å². The molecule has 16 heavy (non-hydrogen) atoms. The first kappa shape index (κ1) is 15.6. The van der Waals surface area contributed by atoms with E-state index in [1.165, 1.54) is 0 Å². The summed E-state index contributed by atoms with van der Waals surface area (Å²) in [6, 6.07) is 0. The maximum atomic E-state index is 11.6. The molecule has 0 fully saturated rings. The summed E-state index contributed by atoms with van der Waals surface area (Å²) >= 11 is 0. The molecule has 0 aliphatic heterocycles.